The Bertz CT molecular complexity index is 1060. The second-order valence-corrected chi connectivity index (χ2v) is 7.16. The van der Waals surface area contributed by atoms with Crippen LogP contribution in [0.25, 0.3) is 11.8 Å². The molecule has 3 heterocycles. The van der Waals surface area contributed by atoms with E-state index in [4.69, 9.17) is 9.73 Å². The van der Waals surface area contributed by atoms with Gasteiger partial charge in [0.15, 0.2) is 0 Å². The van der Waals surface area contributed by atoms with Crippen LogP contribution in [-0.2, 0) is 11.2 Å². The van der Waals surface area contributed by atoms with Crippen molar-refractivity contribution >= 4 is 23.2 Å². The molecule has 140 valence electrons. The molecule has 0 bridgehead atoms. The zero-order valence-electron chi connectivity index (χ0n) is 15.9. The fourth-order valence-electron chi connectivity index (χ4n) is 3.71. The fourth-order valence-corrected chi connectivity index (χ4v) is 3.71. The molecular formula is C23H22N4O. The van der Waals surface area contributed by atoms with E-state index in [0.717, 1.165) is 47.9 Å². The van der Waals surface area contributed by atoms with Gasteiger partial charge in [-0.05, 0) is 48.9 Å². The number of fused-ring (bicyclic) bond motifs is 1. The molecule has 0 aliphatic carbocycles. The van der Waals surface area contributed by atoms with E-state index in [0.29, 0.717) is 6.73 Å². The number of benzene rings is 2. The van der Waals surface area contributed by atoms with Gasteiger partial charge in [0.25, 0.3) is 0 Å². The van der Waals surface area contributed by atoms with Crippen molar-refractivity contribution in [3.63, 3.8) is 0 Å². The minimum absolute atomic E-state index is 0.667. The number of ether oxygens (including phenoxy) is 1. The maximum absolute atomic E-state index is 5.46. The van der Waals surface area contributed by atoms with Gasteiger partial charge in [0.05, 0.1) is 24.2 Å². The minimum atomic E-state index is 0.667. The predicted octanol–water partition coefficient (Wildman–Crippen LogP) is 4.32. The van der Waals surface area contributed by atoms with Gasteiger partial charge in [-0.2, -0.15) is 5.10 Å². The van der Waals surface area contributed by atoms with Crippen LogP contribution in [0.3, 0.4) is 0 Å². The van der Waals surface area contributed by atoms with Crippen molar-refractivity contribution in [3.8, 4) is 5.69 Å². The van der Waals surface area contributed by atoms with E-state index in [2.05, 4.69) is 59.4 Å². The molecule has 0 atom stereocenters. The van der Waals surface area contributed by atoms with Crippen LogP contribution in [0.1, 0.15) is 16.8 Å². The van der Waals surface area contributed by atoms with Crippen molar-refractivity contribution in [1.29, 1.82) is 0 Å². The number of anilines is 1. The van der Waals surface area contributed by atoms with Gasteiger partial charge < -0.3 is 9.64 Å². The van der Waals surface area contributed by atoms with Gasteiger partial charge in [0.1, 0.15) is 6.73 Å². The first-order valence-electron chi connectivity index (χ1n) is 9.59. The number of aliphatic imine (C=N–C) groups is 1. The third-order valence-corrected chi connectivity index (χ3v) is 5.33. The number of nitrogens with zero attached hydrogens (tertiary/aromatic N) is 4. The lowest BCUT2D eigenvalue weighted by molar-refractivity contribution is 0.201. The van der Waals surface area contributed by atoms with Crippen LogP contribution in [0.5, 0.6) is 0 Å². The number of rotatable bonds is 4. The third kappa shape index (κ3) is 3.14. The molecule has 0 saturated carbocycles. The van der Waals surface area contributed by atoms with Crippen molar-refractivity contribution in [1.82, 2.24) is 9.78 Å². The highest BCUT2D eigenvalue weighted by molar-refractivity contribution is 6.04. The SMILES string of the molecule is Cc1c(/C=C/C2=Nc3cc(N4CCOC4)ccc3C2)cnn1-c1ccccc1. The highest BCUT2D eigenvalue weighted by atomic mass is 16.5. The quantitative estimate of drug-likeness (QED) is 0.687. The Morgan fingerprint density at radius 2 is 1.93 bits per heavy atom. The number of hydrogen-bond donors (Lipinski definition) is 0. The number of hydrogen-bond acceptors (Lipinski definition) is 4. The van der Waals surface area contributed by atoms with Gasteiger partial charge in [-0.1, -0.05) is 24.3 Å². The van der Waals surface area contributed by atoms with Crippen molar-refractivity contribution in [3.05, 3.63) is 77.6 Å². The standard InChI is InChI=1S/C23H22N4O/c1-17-19(15-24-27(17)21-5-3-2-4-6-21)7-9-20-13-18-8-10-22(14-23(18)25-20)26-11-12-28-16-26/h2-10,14-15H,11-13,16H2,1H3/b9-7+. The Morgan fingerprint density at radius 3 is 2.75 bits per heavy atom. The molecule has 28 heavy (non-hydrogen) atoms. The minimum Gasteiger partial charge on any atom is -0.359 e. The molecule has 2 aromatic carbocycles. The molecule has 1 fully saturated rings. The average molecular weight is 370 g/mol. The third-order valence-electron chi connectivity index (χ3n) is 5.33. The Hall–Kier alpha value is -3.18. The highest BCUT2D eigenvalue weighted by Crippen LogP contribution is 2.32. The average Bonchev–Trinajstić information content (AvgIpc) is 3.46. The lowest BCUT2D eigenvalue weighted by Gasteiger charge is -2.16. The first-order chi connectivity index (χ1) is 13.8. The molecule has 1 aromatic heterocycles. The summed E-state index contributed by atoms with van der Waals surface area (Å²) in [7, 11) is 0. The molecule has 5 rings (SSSR count). The summed E-state index contributed by atoms with van der Waals surface area (Å²) in [4.78, 5) is 7.07. The van der Waals surface area contributed by atoms with Crippen LogP contribution >= 0.6 is 0 Å². The normalized spacial score (nSPS) is 16.0. The smallest absolute Gasteiger partial charge is 0.119 e. The van der Waals surface area contributed by atoms with E-state index >= 15 is 0 Å². The summed E-state index contributed by atoms with van der Waals surface area (Å²) < 4.78 is 7.42. The largest absolute Gasteiger partial charge is 0.359 e. The molecule has 0 spiro atoms. The Balaban J connectivity index is 1.35. The lowest BCUT2D eigenvalue weighted by atomic mass is 10.1. The van der Waals surface area contributed by atoms with Gasteiger partial charge in [-0.25, -0.2) is 4.68 Å². The predicted molar refractivity (Wildman–Crippen MR) is 113 cm³/mol. The van der Waals surface area contributed by atoms with E-state index in [1.807, 2.05) is 29.1 Å². The van der Waals surface area contributed by atoms with Gasteiger partial charge in [0.2, 0.25) is 0 Å². The fraction of sp³-hybridized carbons (Fsp3) is 0.217. The van der Waals surface area contributed by atoms with E-state index in [1.165, 1.54) is 11.3 Å². The Labute approximate surface area is 164 Å². The van der Waals surface area contributed by atoms with E-state index in [9.17, 15) is 0 Å². The molecule has 0 radical (unpaired) electrons. The van der Waals surface area contributed by atoms with Gasteiger partial charge in [-0.15, -0.1) is 0 Å². The van der Waals surface area contributed by atoms with Gasteiger partial charge >= 0.3 is 0 Å². The monoisotopic (exact) mass is 370 g/mol. The maximum atomic E-state index is 5.46. The molecule has 0 amide bonds. The van der Waals surface area contributed by atoms with Crippen LogP contribution in [-0.4, -0.2) is 35.4 Å². The van der Waals surface area contributed by atoms with Gasteiger partial charge in [-0.3, -0.25) is 4.99 Å². The van der Waals surface area contributed by atoms with Crippen LogP contribution < -0.4 is 4.90 Å². The van der Waals surface area contributed by atoms with Crippen molar-refractivity contribution in [2.45, 2.75) is 13.3 Å². The maximum Gasteiger partial charge on any atom is 0.119 e. The molecule has 2 aliphatic rings. The topological polar surface area (TPSA) is 42.6 Å². The first-order valence-corrected chi connectivity index (χ1v) is 9.59. The number of allylic oxidation sites excluding steroid dienone is 1. The molecule has 0 N–H and O–H groups in total. The van der Waals surface area contributed by atoms with Crippen LogP contribution in [0.15, 0.2) is 65.8 Å². The molecule has 2 aliphatic heterocycles. The molecule has 5 nitrogen and oxygen atoms in total. The summed E-state index contributed by atoms with van der Waals surface area (Å²) in [6, 6.07) is 16.7. The molecule has 0 unspecified atom stereocenters. The van der Waals surface area contributed by atoms with E-state index in [1.54, 1.807) is 0 Å². The zero-order valence-corrected chi connectivity index (χ0v) is 15.9. The summed E-state index contributed by atoms with van der Waals surface area (Å²) in [5, 5.41) is 4.53. The Kier molecular flexibility index (Phi) is 4.29. The Morgan fingerprint density at radius 1 is 1.04 bits per heavy atom. The van der Waals surface area contributed by atoms with Crippen LogP contribution in [0.2, 0.25) is 0 Å². The number of aromatic nitrogens is 2. The first kappa shape index (κ1) is 17.0. The molecular weight excluding hydrogens is 348 g/mol. The van der Waals surface area contributed by atoms with Crippen molar-refractivity contribution < 1.29 is 4.74 Å². The number of para-hydroxylation sites is 1. The van der Waals surface area contributed by atoms with E-state index in [-0.39, 0.29) is 0 Å². The van der Waals surface area contributed by atoms with Crippen LogP contribution in [0, 0.1) is 6.92 Å². The van der Waals surface area contributed by atoms with Crippen molar-refractivity contribution in [2.75, 3.05) is 24.8 Å². The summed E-state index contributed by atoms with van der Waals surface area (Å²) in [5.74, 6) is 0. The molecule has 5 heteroatoms. The summed E-state index contributed by atoms with van der Waals surface area (Å²) in [5.41, 5.74) is 7.92. The van der Waals surface area contributed by atoms with Gasteiger partial charge in [0, 0.05) is 35.6 Å². The highest BCUT2D eigenvalue weighted by Gasteiger charge is 2.17. The lowest BCUT2D eigenvalue weighted by Crippen LogP contribution is -2.18. The summed E-state index contributed by atoms with van der Waals surface area (Å²) >= 11 is 0. The van der Waals surface area contributed by atoms with Crippen molar-refractivity contribution in [2.24, 2.45) is 4.99 Å². The second-order valence-electron chi connectivity index (χ2n) is 7.16. The second kappa shape index (κ2) is 7.09. The molecule has 1 saturated heterocycles. The van der Waals surface area contributed by atoms with E-state index < -0.39 is 0 Å². The zero-order chi connectivity index (χ0) is 18.9. The van der Waals surface area contributed by atoms with Crippen LogP contribution in [0.4, 0.5) is 11.4 Å². The summed E-state index contributed by atoms with van der Waals surface area (Å²) in [6.45, 7) is 4.50. The molecule has 3 aromatic rings. The summed E-state index contributed by atoms with van der Waals surface area (Å²) in [6.07, 6.45) is 7.00.